The molecule has 20 heavy (non-hydrogen) atoms. The molecule has 0 spiro atoms. The van der Waals surface area contributed by atoms with E-state index < -0.39 is 12.1 Å². The third kappa shape index (κ3) is 3.17. The molecule has 1 aromatic rings. The number of amides is 1. The zero-order valence-electron chi connectivity index (χ0n) is 11.2. The number of aromatic nitrogens is 1. The van der Waals surface area contributed by atoms with Crippen LogP contribution >= 0.6 is 0 Å². The van der Waals surface area contributed by atoms with E-state index in [1.165, 1.54) is 4.57 Å². The van der Waals surface area contributed by atoms with Gasteiger partial charge in [-0.25, -0.2) is 0 Å². The van der Waals surface area contributed by atoms with E-state index in [2.05, 4.69) is 0 Å². The lowest BCUT2D eigenvalue weighted by molar-refractivity contribution is -0.137. The lowest BCUT2D eigenvalue weighted by atomic mass is 10.2. The monoisotopic (exact) mass is 282 g/mol. The molecule has 1 aliphatic rings. The highest BCUT2D eigenvalue weighted by molar-refractivity contribution is 5.93. The molecule has 2 atom stereocenters. The fourth-order valence-electron chi connectivity index (χ4n) is 2.37. The van der Waals surface area contributed by atoms with Gasteiger partial charge < -0.3 is 24.4 Å². The largest absolute Gasteiger partial charge is 0.480 e. The summed E-state index contributed by atoms with van der Waals surface area (Å²) in [5.74, 6) is -1.25. The van der Waals surface area contributed by atoms with Gasteiger partial charge in [0.25, 0.3) is 5.91 Å². The number of carboxylic acids is 1. The second-order valence-corrected chi connectivity index (χ2v) is 4.88. The molecule has 1 aliphatic heterocycles. The SMILES string of the molecule is CC1CN(C(=O)c2cccn2CC(=O)O)CC(CO)O1. The van der Waals surface area contributed by atoms with Crippen molar-refractivity contribution in [3.05, 3.63) is 24.0 Å². The van der Waals surface area contributed by atoms with Gasteiger partial charge in [0.2, 0.25) is 0 Å². The number of aliphatic hydroxyl groups excluding tert-OH is 1. The first-order valence-electron chi connectivity index (χ1n) is 6.43. The number of hydrogen-bond donors (Lipinski definition) is 2. The maximum atomic E-state index is 12.4. The number of rotatable bonds is 4. The summed E-state index contributed by atoms with van der Waals surface area (Å²) in [4.78, 5) is 24.8. The zero-order valence-corrected chi connectivity index (χ0v) is 11.2. The van der Waals surface area contributed by atoms with Gasteiger partial charge in [-0.2, -0.15) is 0 Å². The Labute approximate surface area is 116 Å². The number of ether oxygens (including phenoxy) is 1. The van der Waals surface area contributed by atoms with E-state index in [0.717, 1.165) is 0 Å². The molecule has 2 N–H and O–H groups in total. The number of carbonyl (C=O) groups is 2. The number of aliphatic hydroxyl groups is 1. The van der Waals surface area contributed by atoms with Crippen LogP contribution in [-0.2, 0) is 16.1 Å². The Balaban J connectivity index is 2.14. The fraction of sp³-hybridized carbons (Fsp3) is 0.538. The van der Waals surface area contributed by atoms with Crippen molar-refractivity contribution in [1.29, 1.82) is 0 Å². The number of carboxylic acid groups (broad SMARTS) is 1. The van der Waals surface area contributed by atoms with Gasteiger partial charge >= 0.3 is 5.97 Å². The minimum Gasteiger partial charge on any atom is -0.480 e. The molecule has 7 nitrogen and oxygen atoms in total. The highest BCUT2D eigenvalue weighted by atomic mass is 16.5. The highest BCUT2D eigenvalue weighted by Crippen LogP contribution is 2.15. The normalized spacial score (nSPS) is 22.8. The van der Waals surface area contributed by atoms with Gasteiger partial charge in [-0.1, -0.05) is 0 Å². The van der Waals surface area contributed by atoms with Gasteiger partial charge in [0.05, 0.1) is 18.8 Å². The van der Waals surface area contributed by atoms with E-state index >= 15 is 0 Å². The van der Waals surface area contributed by atoms with E-state index in [0.29, 0.717) is 18.8 Å². The Kier molecular flexibility index (Phi) is 4.41. The van der Waals surface area contributed by atoms with Crippen LogP contribution in [0.15, 0.2) is 18.3 Å². The van der Waals surface area contributed by atoms with Crippen LogP contribution in [0.4, 0.5) is 0 Å². The Morgan fingerprint density at radius 1 is 1.45 bits per heavy atom. The van der Waals surface area contributed by atoms with Crippen LogP contribution in [0, 0.1) is 0 Å². The maximum Gasteiger partial charge on any atom is 0.323 e. The van der Waals surface area contributed by atoms with Crippen molar-refractivity contribution in [2.45, 2.75) is 25.7 Å². The van der Waals surface area contributed by atoms with Crippen molar-refractivity contribution >= 4 is 11.9 Å². The molecular formula is C13H18N2O5. The first-order valence-corrected chi connectivity index (χ1v) is 6.43. The molecule has 1 fully saturated rings. The van der Waals surface area contributed by atoms with Crippen molar-refractivity contribution < 1.29 is 24.5 Å². The quantitative estimate of drug-likeness (QED) is 0.797. The molecule has 1 saturated heterocycles. The molecule has 1 amide bonds. The lowest BCUT2D eigenvalue weighted by Gasteiger charge is -2.36. The summed E-state index contributed by atoms with van der Waals surface area (Å²) >= 11 is 0. The van der Waals surface area contributed by atoms with Crippen LogP contribution in [0.5, 0.6) is 0 Å². The van der Waals surface area contributed by atoms with E-state index in [9.17, 15) is 9.59 Å². The third-order valence-electron chi connectivity index (χ3n) is 3.17. The van der Waals surface area contributed by atoms with Crippen molar-refractivity contribution in [3.8, 4) is 0 Å². The summed E-state index contributed by atoms with van der Waals surface area (Å²) in [5, 5.41) is 18.0. The first-order chi connectivity index (χ1) is 9.51. The van der Waals surface area contributed by atoms with E-state index in [-0.39, 0.29) is 25.2 Å². The average molecular weight is 282 g/mol. The van der Waals surface area contributed by atoms with Gasteiger partial charge in [0.15, 0.2) is 0 Å². The highest BCUT2D eigenvalue weighted by Gasteiger charge is 2.29. The smallest absolute Gasteiger partial charge is 0.323 e. The van der Waals surface area contributed by atoms with Crippen molar-refractivity contribution in [2.75, 3.05) is 19.7 Å². The van der Waals surface area contributed by atoms with Crippen LogP contribution in [0.1, 0.15) is 17.4 Å². The number of carbonyl (C=O) groups excluding carboxylic acids is 1. The van der Waals surface area contributed by atoms with Gasteiger partial charge in [-0.15, -0.1) is 0 Å². The summed E-state index contributed by atoms with van der Waals surface area (Å²) in [7, 11) is 0. The van der Waals surface area contributed by atoms with Crippen molar-refractivity contribution in [1.82, 2.24) is 9.47 Å². The summed E-state index contributed by atoms with van der Waals surface area (Å²) in [6.45, 7) is 2.16. The third-order valence-corrected chi connectivity index (χ3v) is 3.17. The Morgan fingerprint density at radius 2 is 2.20 bits per heavy atom. The van der Waals surface area contributed by atoms with Crippen molar-refractivity contribution in [3.63, 3.8) is 0 Å². The van der Waals surface area contributed by atoms with Crippen molar-refractivity contribution in [2.24, 2.45) is 0 Å². The molecule has 1 aromatic heterocycles. The van der Waals surface area contributed by atoms with Crippen LogP contribution in [0.25, 0.3) is 0 Å². The summed E-state index contributed by atoms with van der Waals surface area (Å²) < 4.78 is 6.88. The standard InChI is InChI=1S/C13H18N2O5/c1-9-5-15(6-10(8-16)20-9)13(19)11-3-2-4-14(11)7-12(17)18/h2-4,9-10,16H,5-8H2,1H3,(H,17,18). The molecule has 0 radical (unpaired) electrons. The average Bonchev–Trinajstić information content (AvgIpc) is 2.84. The maximum absolute atomic E-state index is 12.4. The molecule has 110 valence electrons. The predicted molar refractivity (Wildman–Crippen MR) is 69.4 cm³/mol. The summed E-state index contributed by atoms with van der Waals surface area (Å²) in [5.41, 5.74) is 0.332. The van der Waals surface area contributed by atoms with Crippen LogP contribution in [0.2, 0.25) is 0 Å². The second kappa shape index (κ2) is 6.06. The van der Waals surface area contributed by atoms with Crippen LogP contribution < -0.4 is 0 Å². The molecule has 0 aromatic carbocycles. The first kappa shape index (κ1) is 14.5. The van der Waals surface area contributed by atoms with Gasteiger partial charge in [0, 0.05) is 19.3 Å². The molecule has 2 unspecified atom stereocenters. The minimum atomic E-state index is -1.00. The summed E-state index contributed by atoms with van der Waals surface area (Å²) in [6, 6.07) is 3.24. The number of aliphatic carboxylic acids is 1. The van der Waals surface area contributed by atoms with E-state index in [1.54, 1.807) is 23.2 Å². The summed E-state index contributed by atoms with van der Waals surface area (Å²) in [6.07, 6.45) is 1.01. The molecule has 2 heterocycles. The topological polar surface area (TPSA) is 92.0 Å². The fourth-order valence-corrected chi connectivity index (χ4v) is 2.37. The lowest BCUT2D eigenvalue weighted by Crippen LogP contribution is -2.50. The Bertz CT molecular complexity index is 499. The minimum absolute atomic E-state index is 0.149. The predicted octanol–water partition coefficient (Wildman–Crippen LogP) is -0.205. The molecule has 0 bridgehead atoms. The van der Waals surface area contributed by atoms with E-state index in [4.69, 9.17) is 14.9 Å². The molecular weight excluding hydrogens is 264 g/mol. The molecule has 7 heteroatoms. The number of hydrogen-bond acceptors (Lipinski definition) is 4. The molecule has 0 saturated carbocycles. The second-order valence-electron chi connectivity index (χ2n) is 4.88. The van der Waals surface area contributed by atoms with Crippen LogP contribution in [-0.4, -0.2) is 63.5 Å². The van der Waals surface area contributed by atoms with Crippen LogP contribution in [0.3, 0.4) is 0 Å². The number of nitrogens with zero attached hydrogens (tertiary/aromatic N) is 2. The van der Waals surface area contributed by atoms with E-state index in [1.807, 2.05) is 6.92 Å². The number of morpholine rings is 1. The molecule has 0 aliphatic carbocycles. The zero-order chi connectivity index (χ0) is 14.7. The Morgan fingerprint density at radius 3 is 2.85 bits per heavy atom. The Hall–Kier alpha value is -1.86. The van der Waals surface area contributed by atoms with Gasteiger partial charge in [-0.3, -0.25) is 9.59 Å². The molecule has 2 rings (SSSR count). The van der Waals surface area contributed by atoms with Gasteiger partial charge in [-0.05, 0) is 19.1 Å². The van der Waals surface area contributed by atoms with Gasteiger partial charge in [0.1, 0.15) is 12.2 Å².